The number of hydrogen-bond donors (Lipinski definition) is 2. The molecule has 0 aliphatic carbocycles. The minimum atomic E-state index is -1.98. The monoisotopic (exact) mass is 479 g/mol. The summed E-state index contributed by atoms with van der Waals surface area (Å²) in [6.07, 6.45) is 0.143. The molecule has 0 radical (unpaired) electrons. The minimum absolute atomic E-state index is 0.0936. The second-order valence-electron chi connectivity index (χ2n) is 10.3. The third kappa shape index (κ3) is 5.37. The van der Waals surface area contributed by atoms with E-state index in [-0.39, 0.29) is 11.0 Å². The highest BCUT2D eigenvalue weighted by atomic mass is 35.5. The van der Waals surface area contributed by atoms with Gasteiger partial charge in [0.1, 0.15) is 0 Å². The van der Waals surface area contributed by atoms with Crippen LogP contribution in [0.2, 0.25) is 28.2 Å². The highest BCUT2D eigenvalue weighted by molar-refractivity contribution is 6.74. The number of hydrogen-bond acceptors (Lipinski definition) is 3. The van der Waals surface area contributed by atoms with Crippen LogP contribution in [0, 0.1) is 5.41 Å². The van der Waals surface area contributed by atoms with Gasteiger partial charge in [0.2, 0.25) is 0 Å². The SMILES string of the molecule is CC(C)(C)[Si](C)(C)OC[C@@H](O)[C@@]1(Cc2ccccc2)CNC[C@H]1c1ccc(Cl)c(Cl)c1. The van der Waals surface area contributed by atoms with E-state index >= 15 is 0 Å². The molecule has 1 aliphatic heterocycles. The van der Waals surface area contributed by atoms with Gasteiger partial charge in [-0.15, -0.1) is 0 Å². The number of aliphatic hydroxyl groups is 1. The fourth-order valence-corrected chi connectivity index (χ4v) is 5.57. The molecule has 3 atom stereocenters. The average Bonchev–Trinajstić information content (AvgIpc) is 3.13. The van der Waals surface area contributed by atoms with Crippen LogP contribution in [-0.4, -0.2) is 39.2 Å². The van der Waals surface area contributed by atoms with Crippen molar-refractivity contribution in [3.05, 3.63) is 69.7 Å². The standard InChI is InChI=1S/C25H35Cl2NO2Si/c1-24(2,3)31(4,5)30-16-23(29)25(14-18-9-7-6-8-10-18)17-28-15-20(25)19-11-12-21(26)22(27)13-19/h6-13,20,23,28-29H,14-17H2,1-5H3/t20-,23+,25-/m0/s1. The van der Waals surface area contributed by atoms with Crippen LogP contribution >= 0.6 is 23.2 Å². The Morgan fingerprint density at radius 2 is 1.81 bits per heavy atom. The van der Waals surface area contributed by atoms with Crippen LogP contribution in [0.3, 0.4) is 0 Å². The Morgan fingerprint density at radius 1 is 1.13 bits per heavy atom. The molecule has 1 heterocycles. The van der Waals surface area contributed by atoms with Crippen molar-refractivity contribution in [2.45, 2.75) is 57.3 Å². The van der Waals surface area contributed by atoms with Gasteiger partial charge in [-0.05, 0) is 47.8 Å². The molecule has 170 valence electrons. The molecule has 3 nitrogen and oxygen atoms in total. The predicted octanol–water partition coefficient (Wildman–Crippen LogP) is 6.29. The second kappa shape index (κ2) is 9.54. The topological polar surface area (TPSA) is 41.5 Å². The first-order chi connectivity index (χ1) is 14.5. The summed E-state index contributed by atoms with van der Waals surface area (Å²) in [6.45, 7) is 13.0. The van der Waals surface area contributed by atoms with Gasteiger partial charge in [0.05, 0.1) is 22.8 Å². The molecule has 0 spiro atoms. The first kappa shape index (κ1) is 24.8. The Hall–Kier alpha value is -0.883. The summed E-state index contributed by atoms with van der Waals surface area (Å²) in [5.41, 5.74) is 1.91. The normalized spacial score (nSPS) is 23.2. The summed E-state index contributed by atoms with van der Waals surface area (Å²) in [4.78, 5) is 0. The zero-order valence-electron chi connectivity index (χ0n) is 19.2. The van der Waals surface area contributed by atoms with Gasteiger partial charge in [-0.2, -0.15) is 0 Å². The molecule has 0 saturated carbocycles. The van der Waals surface area contributed by atoms with Crippen LogP contribution in [0.25, 0.3) is 0 Å². The first-order valence-corrected chi connectivity index (χ1v) is 14.6. The molecule has 2 aromatic carbocycles. The molecular weight excluding hydrogens is 445 g/mol. The number of nitrogens with one attached hydrogen (secondary N) is 1. The molecule has 0 amide bonds. The van der Waals surface area contributed by atoms with Gasteiger partial charge in [0, 0.05) is 24.4 Å². The third-order valence-electron chi connectivity index (χ3n) is 7.29. The molecular formula is C25H35Cl2NO2Si. The van der Waals surface area contributed by atoms with Gasteiger partial charge in [0.25, 0.3) is 0 Å². The zero-order chi connectivity index (χ0) is 22.9. The molecule has 1 aliphatic rings. The fraction of sp³-hybridized carbons (Fsp3) is 0.520. The van der Waals surface area contributed by atoms with Crippen LogP contribution in [-0.2, 0) is 10.8 Å². The van der Waals surface area contributed by atoms with E-state index in [1.165, 1.54) is 5.56 Å². The van der Waals surface area contributed by atoms with Gasteiger partial charge in [0.15, 0.2) is 8.32 Å². The van der Waals surface area contributed by atoms with E-state index in [2.05, 4.69) is 63.4 Å². The van der Waals surface area contributed by atoms with E-state index in [9.17, 15) is 5.11 Å². The van der Waals surface area contributed by atoms with Crippen molar-refractivity contribution in [1.29, 1.82) is 0 Å². The summed E-state index contributed by atoms with van der Waals surface area (Å²) < 4.78 is 6.47. The number of aliphatic hydroxyl groups excluding tert-OH is 1. The third-order valence-corrected chi connectivity index (χ3v) is 12.5. The van der Waals surface area contributed by atoms with E-state index < -0.39 is 19.8 Å². The largest absolute Gasteiger partial charge is 0.414 e. The molecule has 0 bridgehead atoms. The van der Waals surface area contributed by atoms with Gasteiger partial charge in [-0.3, -0.25) is 0 Å². The second-order valence-corrected chi connectivity index (χ2v) is 16.0. The van der Waals surface area contributed by atoms with Gasteiger partial charge < -0.3 is 14.8 Å². The maximum atomic E-state index is 11.6. The molecule has 6 heteroatoms. The van der Waals surface area contributed by atoms with E-state index in [1.807, 2.05) is 24.3 Å². The average molecular weight is 481 g/mol. The van der Waals surface area contributed by atoms with Gasteiger partial charge in [-0.25, -0.2) is 0 Å². The Labute approximate surface area is 198 Å². The lowest BCUT2D eigenvalue weighted by atomic mass is 9.67. The summed E-state index contributed by atoms with van der Waals surface area (Å²) in [6, 6.07) is 16.2. The highest BCUT2D eigenvalue weighted by Gasteiger charge is 2.50. The van der Waals surface area contributed by atoms with Crippen molar-refractivity contribution in [3.63, 3.8) is 0 Å². The van der Waals surface area contributed by atoms with Gasteiger partial charge >= 0.3 is 0 Å². The molecule has 0 unspecified atom stereocenters. The fourth-order valence-electron chi connectivity index (χ4n) is 4.25. The van der Waals surface area contributed by atoms with E-state index in [4.69, 9.17) is 27.6 Å². The van der Waals surface area contributed by atoms with E-state index in [0.717, 1.165) is 25.1 Å². The lowest BCUT2D eigenvalue weighted by molar-refractivity contribution is -0.0111. The molecule has 3 rings (SSSR count). The summed E-state index contributed by atoms with van der Waals surface area (Å²) in [5, 5.41) is 16.4. The van der Waals surface area contributed by atoms with E-state index in [1.54, 1.807) is 0 Å². The highest BCUT2D eigenvalue weighted by Crippen LogP contribution is 2.46. The summed E-state index contributed by atoms with van der Waals surface area (Å²) >= 11 is 12.5. The molecule has 2 aromatic rings. The van der Waals surface area contributed by atoms with Crippen molar-refractivity contribution in [2.75, 3.05) is 19.7 Å². The molecule has 2 N–H and O–H groups in total. The Kier molecular flexibility index (Phi) is 7.62. The van der Waals surface area contributed by atoms with Crippen molar-refractivity contribution < 1.29 is 9.53 Å². The predicted molar refractivity (Wildman–Crippen MR) is 134 cm³/mol. The number of halogens is 2. The molecule has 0 aromatic heterocycles. The lowest BCUT2D eigenvalue weighted by Crippen LogP contribution is -2.49. The molecule has 1 fully saturated rings. The Bertz CT molecular complexity index is 885. The van der Waals surface area contributed by atoms with Crippen LogP contribution in [0.4, 0.5) is 0 Å². The van der Waals surface area contributed by atoms with Crippen LogP contribution in [0.15, 0.2) is 48.5 Å². The van der Waals surface area contributed by atoms with Gasteiger partial charge in [-0.1, -0.05) is 80.4 Å². The van der Waals surface area contributed by atoms with Crippen molar-refractivity contribution in [1.82, 2.24) is 5.32 Å². The maximum Gasteiger partial charge on any atom is 0.192 e. The molecule has 1 saturated heterocycles. The van der Waals surface area contributed by atoms with Crippen LogP contribution in [0.5, 0.6) is 0 Å². The Balaban J connectivity index is 1.95. The molecule has 31 heavy (non-hydrogen) atoms. The Morgan fingerprint density at radius 3 is 2.42 bits per heavy atom. The number of benzene rings is 2. The van der Waals surface area contributed by atoms with Crippen molar-refractivity contribution >= 4 is 31.5 Å². The van der Waals surface area contributed by atoms with Crippen LogP contribution in [0.1, 0.15) is 37.8 Å². The zero-order valence-corrected chi connectivity index (χ0v) is 21.7. The van der Waals surface area contributed by atoms with E-state index in [0.29, 0.717) is 16.7 Å². The smallest absolute Gasteiger partial charge is 0.192 e. The first-order valence-electron chi connectivity index (χ1n) is 11.0. The summed E-state index contributed by atoms with van der Waals surface area (Å²) in [5.74, 6) is 0.0977. The summed E-state index contributed by atoms with van der Waals surface area (Å²) in [7, 11) is -1.98. The van der Waals surface area contributed by atoms with Crippen LogP contribution < -0.4 is 5.32 Å². The minimum Gasteiger partial charge on any atom is -0.414 e. The maximum absolute atomic E-state index is 11.6. The van der Waals surface area contributed by atoms with Crippen molar-refractivity contribution in [2.24, 2.45) is 5.41 Å². The van der Waals surface area contributed by atoms with Crippen molar-refractivity contribution in [3.8, 4) is 0 Å². The lowest BCUT2D eigenvalue weighted by Gasteiger charge is -2.42. The quantitative estimate of drug-likeness (QED) is 0.458. The number of rotatable bonds is 7.